The molecule has 0 radical (unpaired) electrons. The minimum absolute atomic E-state index is 0.149. The normalized spacial score (nSPS) is 12.2. The van der Waals surface area contributed by atoms with Gasteiger partial charge in [0, 0.05) is 6.04 Å². The summed E-state index contributed by atoms with van der Waals surface area (Å²) < 4.78 is 32.0. The van der Waals surface area contributed by atoms with Crippen LogP contribution in [0.15, 0.2) is 23.1 Å². The molecule has 4 nitrogen and oxygen atoms in total. The summed E-state index contributed by atoms with van der Waals surface area (Å²) in [7, 11) is -2.04. The number of nitrogens with one attached hydrogen (secondary N) is 1. The Hall–Kier alpha value is -1.07. The van der Waals surface area contributed by atoms with Crippen molar-refractivity contribution in [2.45, 2.75) is 44.6 Å². The van der Waals surface area contributed by atoms with E-state index in [4.69, 9.17) is 4.74 Å². The van der Waals surface area contributed by atoms with Gasteiger partial charge in [0.15, 0.2) is 0 Å². The van der Waals surface area contributed by atoms with Crippen LogP contribution in [0.3, 0.4) is 0 Å². The molecule has 0 aliphatic carbocycles. The van der Waals surface area contributed by atoms with Crippen molar-refractivity contribution in [1.29, 1.82) is 0 Å². The van der Waals surface area contributed by atoms with Crippen molar-refractivity contribution in [1.82, 2.24) is 4.72 Å². The number of rotatable bonds is 5. The van der Waals surface area contributed by atoms with Crippen LogP contribution in [0.25, 0.3) is 0 Å². The van der Waals surface area contributed by atoms with Crippen molar-refractivity contribution in [2.24, 2.45) is 0 Å². The zero-order valence-corrected chi connectivity index (χ0v) is 12.3. The van der Waals surface area contributed by atoms with E-state index in [1.54, 1.807) is 26.0 Å². The highest BCUT2D eigenvalue weighted by molar-refractivity contribution is 7.89. The van der Waals surface area contributed by atoms with E-state index >= 15 is 0 Å². The van der Waals surface area contributed by atoms with Gasteiger partial charge in [-0.05, 0) is 37.5 Å². The first-order valence-electron chi connectivity index (χ1n) is 5.98. The van der Waals surface area contributed by atoms with Crippen LogP contribution < -0.4 is 9.46 Å². The lowest BCUT2D eigenvalue weighted by molar-refractivity contribution is 0.401. The van der Waals surface area contributed by atoms with Gasteiger partial charge in [-0.15, -0.1) is 0 Å². The third-order valence-corrected chi connectivity index (χ3v) is 4.23. The van der Waals surface area contributed by atoms with Crippen LogP contribution in [-0.4, -0.2) is 21.6 Å². The summed E-state index contributed by atoms with van der Waals surface area (Å²) >= 11 is 0. The molecule has 0 bridgehead atoms. The van der Waals surface area contributed by atoms with Crippen molar-refractivity contribution in [3.63, 3.8) is 0 Å². The maximum absolute atomic E-state index is 12.1. The maximum atomic E-state index is 12.1. The molecule has 0 aliphatic rings. The lowest BCUT2D eigenvalue weighted by atomic mass is 10.0. The highest BCUT2D eigenvalue weighted by atomic mass is 32.2. The zero-order chi connectivity index (χ0) is 13.9. The Morgan fingerprint density at radius 2 is 1.78 bits per heavy atom. The topological polar surface area (TPSA) is 55.4 Å². The van der Waals surface area contributed by atoms with Gasteiger partial charge in [-0.1, -0.05) is 19.9 Å². The Morgan fingerprint density at radius 3 is 2.22 bits per heavy atom. The van der Waals surface area contributed by atoms with Gasteiger partial charge >= 0.3 is 0 Å². The minimum Gasteiger partial charge on any atom is -0.495 e. The predicted molar refractivity (Wildman–Crippen MR) is 72.5 cm³/mol. The molecule has 5 heteroatoms. The minimum atomic E-state index is -3.52. The van der Waals surface area contributed by atoms with E-state index in [9.17, 15) is 8.42 Å². The van der Waals surface area contributed by atoms with E-state index in [2.05, 4.69) is 18.6 Å². The molecule has 0 spiro atoms. The van der Waals surface area contributed by atoms with Crippen molar-refractivity contribution >= 4 is 10.0 Å². The molecular formula is C13H21NO3S. The lowest BCUT2D eigenvalue weighted by Gasteiger charge is -2.15. The summed E-state index contributed by atoms with van der Waals surface area (Å²) in [5.41, 5.74) is 1.05. The van der Waals surface area contributed by atoms with Gasteiger partial charge in [0.2, 0.25) is 10.0 Å². The quantitative estimate of drug-likeness (QED) is 0.895. The number of benzene rings is 1. The smallest absolute Gasteiger partial charge is 0.244 e. The average Bonchev–Trinajstić information content (AvgIpc) is 2.26. The molecule has 0 atom stereocenters. The van der Waals surface area contributed by atoms with Crippen molar-refractivity contribution in [3.8, 4) is 5.75 Å². The van der Waals surface area contributed by atoms with Crippen LogP contribution in [-0.2, 0) is 10.0 Å². The summed E-state index contributed by atoms with van der Waals surface area (Å²) in [5, 5.41) is 0. The van der Waals surface area contributed by atoms with E-state index < -0.39 is 10.0 Å². The molecule has 18 heavy (non-hydrogen) atoms. The molecule has 0 heterocycles. The molecule has 1 aromatic carbocycles. The molecule has 0 aliphatic heterocycles. The largest absolute Gasteiger partial charge is 0.495 e. The molecule has 0 unspecified atom stereocenters. The molecule has 0 saturated heterocycles. The second kappa shape index (κ2) is 5.71. The van der Waals surface area contributed by atoms with E-state index in [0.29, 0.717) is 11.7 Å². The first kappa shape index (κ1) is 15.0. The summed E-state index contributed by atoms with van der Waals surface area (Å²) in [5.74, 6) is 0.711. The van der Waals surface area contributed by atoms with Crippen LogP contribution in [0.4, 0.5) is 0 Å². The van der Waals surface area contributed by atoms with Crippen LogP contribution >= 0.6 is 0 Å². The summed E-state index contributed by atoms with van der Waals surface area (Å²) in [6, 6.07) is 5.05. The monoisotopic (exact) mass is 271 g/mol. The molecule has 0 fully saturated rings. The van der Waals surface area contributed by atoms with E-state index in [1.165, 1.54) is 7.11 Å². The van der Waals surface area contributed by atoms with Crippen LogP contribution in [0.5, 0.6) is 5.75 Å². The van der Waals surface area contributed by atoms with Crippen LogP contribution in [0, 0.1) is 0 Å². The summed E-state index contributed by atoms with van der Waals surface area (Å²) in [6.45, 7) is 7.67. The Bertz CT molecular complexity index is 507. The zero-order valence-electron chi connectivity index (χ0n) is 11.5. The lowest BCUT2D eigenvalue weighted by Crippen LogP contribution is -2.30. The number of hydrogen-bond acceptors (Lipinski definition) is 3. The Morgan fingerprint density at radius 1 is 1.17 bits per heavy atom. The average molecular weight is 271 g/mol. The summed E-state index contributed by atoms with van der Waals surface area (Å²) in [6.07, 6.45) is 0. The van der Waals surface area contributed by atoms with Crippen molar-refractivity contribution < 1.29 is 13.2 Å². The van der Waals surface area contributed by atoms with E-state index in [1.807, 2.05) is 6.07 Å². The van der Waals surface area contributed by atoms with Gasteiger partial charge in [-0.2, -0.15) is 0 Å². The number of methoxy groups -OCH3 is 1. The highest BCUT2D eigenvalue weighted by Crippen LogP contribution is 2.28. The second-order valence-corrected chi connectivity index (χ2v) is 6.52. The first-order chi connectivity index (χ1) is 8.27. The van der Waals surface area contributed by atoms with Gasteiger partial charge in [0.1, 0.15) is 10.6 Å². The molecule has 1 aromatic rings. The number of hydrogen-bond donors (Lipinski definition) is 1. The molecule has 0 saturated carbocycles. The maximum Gasteiger partial charge on any atom is 0.244 e. The van der Waals surface area contributed by atoms with Gasteiger partial charge in [-0.3, -0.25) is 0 Å². The standard InChI is InChI=1S/C13H21NO3S/c1-9(2)11-6-7-13(12(8-11)17-5)18(15,16)14-10(3)4/h6-10,14H,1-5H3. The first-order valence-corrected chi connectivity index (χ1v) is 7.46. The molecular weight excluding hydrogens is 250 g/mol. The SMILES string of the molecule is COc1cc(C(C)C)ccc1S(=O)(=O)NC(C)C. The molecule has 1 N–H and O–H groups in total. The molecule has 0 amide bonds. The third-order valence-electron chi connectivity index (χ3n) is 2.53. The number of ether oxygens (including phenoxy) is 1. The molecule has 0 aromatic heterocycles. The van der Waals surface area contributed by atoms with Crippen molar-refractivity contribution in [3.05, 3.63) is 23.8 Å². The third kappa shape index (κ3) is 3.46. The van der Waals surface area contributed by atoms with Gasteiger partial charge < -0.3 is 4.74 Å². The molecule has 102 valence electrons. The van der Waals surface area contributed by atoms with Crippen LogP contribution in [0.1, 0.15) is 39.2 Å². The Kier molecular flexibility index (Phi) is 4.76. The second-order valence-electron chi connectivity index (χ2n) is 4.84. The van der Waals surface area contributed by atoms with E-state index in [0.717, 1.165) is 5.56 Å². The predicted octanol–water partition coefficient (Wildman–Crippen LogP) is 2.51. The Labute approximate surface area is 109 Å². The van der Waals surface area contributed by atoms with Gasteiger partial charge in [0.05, 0.1) is 7.11 Å². The number of sulfonamides is 1. The summed E-state index contributed by atoms with van der Waals surface area (Å²) in [4.78, 5) is 0.183. The van der Waals surface area contributed by atoms with Gasteiger partial charge in [-0.25, -0.2) is 13.1 Å². The van der Waals surface area contributed by atoms with Gasteiger partial charge in [0.25, 0.3) is 0 Å². The fourth-order valence-corrected chi connectivity index (χ4v) is 3.04. The van der Waals surface area contributed by atoms with Crippen molar-refractivity contribution in [2.75, 3.05) is 7.11 Å². The fourth-order valence-electron chi connectivity index (χ4n) is 1.64. The van der Waals surface area contributed by atoms with E-state index in [-0.39, 0.29) is 10.9 Å². The molecule has 1 rings (SSSR count). The fraction of sp³-hybridized carbons (Fsp3) is 0.538. The van der Waals surface area contributed by atoms with Crippen LogP contribution in [0.2, 0.25) is 0 Å². The highest BCUT2D eigenvalue weighted by Gasteiger charge is 2.20. The Balaban J connectivity index is 3.25.